The first kappa shape index (κ1) is 20.0. The molecule has 0 unspecified atom stereocenters. The molecule has 2 bridgehead atoms. The fraction of sp³-hybridized carbons (Fsp3) is 0.560. The van der Waals surface area contributed by atoms with Gasteiger partial charge < -0.3 is 14.4 Å². The Morgan fingerprint density at radius 1 is 1.22 bits per heavy atom. The molecule has 7 nitrogen and oxygen atoms in total. The average molecular weight is 437 g/mol. The molecule has 1 amide bonds. The van der Waals surface area contributed by atoms with E-state index in [1.165, 1.54) is 25.0 Å². The van der Waals surface area contributed by atoms with Crippen LogP contribution in [0.3, 0.4) is 0 Å². The van der Waals surface area contributed by atoms with Gasteiger partial charge in [0, 0.05) is 43.5 Å². The first-order valence-electron chi connectivity index (χ1n) is 11.6. The lowest BCUT2D eigenvalue weighted by molar-refractivity contribution is -0.158. The number of hydrogen-bond acceptors (Lipinski definition) is 6. The Balaban J connectivity index is 1.50. The van der Waals surface area contributed by atoms with Gasteiger partial charge in [0.15, 0.2) is 0 Å². The van der Waals surface area contributed by atoms with Crippen LogP contribution in [0.4, 0.5) is 5.69 Å². The zero-order valence-electron chi connectivity index (χ0n) is 18.5. The van der Waals surface area contributed by atoms with Gasteiger partial charge >= 0.3 is 11.9 Å². The van der Waals surface area contributed by atoms with Crippen molar-refractivity contribution in [3.8, 4) is 0 Å². The molecule has 0 aromatic heterocycles. The lowest BCUT2D eigenvalue weighted by atomic mass is 9.53. The Bertz CT molecular complexity index is 1050. The third-order valence-electron chi connectivity index (χ3n) is 8.51. The number of anilines is 1. The number of amides is 1. The number of esters is 2. The summed E-state index contributed by atoms with van der Waals surface area (Å²) in [6.45, 7) is 4.91. The Kier molecular flexibility index (Phi) is 4.31. The molecule has 4 aliphatic heterocycles. The second kappa shape index (κ2) is 6.91. The summed E-state index contributed by atoms with van der Waals surface area (Å²) >= 11 is 0. The van der Waals surface area contributed by atoms with Crippen LogP contribution in [0.2, 0.25) is 0 Å². The quantitative estimate of drug-likeness (QED) is 0.534. The molecule has 32 heavy (non-hydrogen) atoms. The predicted octanol–water partition coefficient (Wildman–Crippen LogP) is 2.19. The number of nitrogens with zero attached hydrogens (tertiary/aromatic N) is 2. The Labute approximate surface area is 187 Å². The Morgan fingerprint density at radius 2 is 2.03 bits per heavy atom. The summed E-state index contributed by atoms with van der Waals surface area (Å²) in [4.78, 5) is 41.4. The molecule has 1 spiro atoms. The van der Waals surface area contributed by atoms with E-state index in [2.05, 4.69) is 23.1 Å². The van der Waals surface area contributed by atoms with Crippen molar-refractivity contribution >= 4 is 23.5 Å². The van der Waals surface area contributed by atoms with Gasteiger partial charge in [0.05, 0.1) is 12.5 Å². The average Bonchev–Trinajstić information content (AvgIpc) is 3.28. The van der Waals surface area contributed by atoms with E-state index in [4.69, 9.17) is 9.47 Å². The maximum atomic E-state index is 13.4. The van der Waals surface area contributed by atoms with Crippen LogP contribution in [0.1, 0.15) is 38.7 Å². The van der Waals surface area contributed by atoms with Gasteiger partial charge in [0.25, 0.3) is 0 Å². The van der Waals surface area contributed by atoms with Crippen molar-refractivity contribution in [2.24, 2.45) is 11.8 Å². The van der Waals surface area contributed by atoms with Crippen LogP contribution in [-0.4, -0.2) is 60.6 Å². The number of rotatable bonds is 3. The Hall–Kier alpha value is -2.67. The summed E-state index contributed by atoms with van der Waals surface area (Å²) in [5.74, 6) is -0.359. The standard InChI is InChI=1S/C25H28N2O5/c1-14(28)31-10-7-16-13-26-9-8-25-18-5-3-4-6-19(18)27-22(30)12-20(32-15(2)29)23(24(25)27)17(16)11-21(25)26/h3-7,17,20-21,23-24H,8-13H2,1-2H3/b16-7+/t17-,20+,21-,23-,24-,25+/m0/s1. The molecule has 168 valence electrons. The number of fused-ring (bicyclic) bond motifs is 4. The van der Waals surface area contributed by atoms with Crippen molar-refractivity contribution in [3.63, 3.8) is 0 Å². The highest BCUT2D eigenvalue weighted by Crippen LogP contribution is 2.65. The minimum atomic E-state index is -0.428. The Morgan fingerprint density at radius 3 is 2.81 bits per heavy atom. The molecule has 4 heterocycles. The third-order valence-corrected chi connectivity index (χ3v) is 8.51. The van der Waals surface area contributed by atoms with Crippen molar-refractivity contribution < 1.29 is 23.9 Å². The molecule has 6 rings (SSSR count). The topological polar surface area (TPSA) is 76.2 Å². The van der Waals surface area contributed by atoms with Crippen molar-refractivity contribution in [1.82, 2.24) is 4.90 Å². The van der Waals surface area contributed by atoms with E-state index in [9.17, 15) is 14.4 Å². The van der Waals surface area contributed by atoms with Crippen LogP contribution in [0.25, 0.3) is 0 Å². The highest BCUT2D eigenvalue weighted by atomic mass is 16.5. The number of carbonyl (C=O) groups excluding carboxylic acids is 3. The molecule has 3 saturated heterocycles. The molecule has 1 aromatic carbocycles. The van der Waals surface area contributed by atoms with Crippen LogP contribution in [0.5, 0.6) is 0 Å². The summed E-state index contributed by atoms with van der Waals surface area (Å²) in [5.41, 5.74) is 3.44. The molecule has 1 aliphatic carbocycles. The monoisotopic (exact) mass is 436 g/mol. The van der Waals surface area contributed by atoms with Crippen molar-refractivity contribution in [2.45, 2.75) is 56.7 Å². The maximum Gasteiger partial charge on any atom is 0.302 e. The lowest BCUT2D eigenvalue weighted by Crippen LogP contribution is -2.69. The van der Waals surface area contributed by atoms with Crippen LogP contribution in [0, 0.1) is 11.8 Å². The summed E-state index contributed by atoms with van der Waals surface area (Å²) in [7, 11) is 0. The summed E-state index contributed by atoms with van der Waals surface area (Å²) in [6.07, 6.45) is 3.80. The van der Waals surface area contributed by atoms with Gasteiger partial charge in [0.1, 0.15) is 12.7 Å². The predicted molar refractivity (Wildman–Crippen MR) is 116 cm³/mol. The number of carbonyl (C=O) groups is 3. The van der Waals surface area contributed by atoms with Gasteiger partial charge in [-0.15, -0.1) is 0 Å². The zero-order valence-corrected chi connectivity index (χ0v) is 18.5. The van der Waals surface area contributed by atoms with Gasteiger partial charge in [-0.25, -0.2) is 0 Å². The molecule has 6 atom stereocenters. The largest absolute Gasteiger partial charge is 0.462 e. The van der Waals surface area contributed by atoms with Gasteiger partial charge in [-0.1, -0.05) is 23.8 Å². The van der Waals surface area contributed by atoms with E-state index < -0.39 is 6.10 Å². The smallest absolute Gasteiger partial charge is 0.302 e. The second-order valence-electron chi connectivity index (χ2n) is 9.86. The molecule has 5 aliphatic rings. The van der Waals surface area contributed by atoms with Crippen LogP contribution < -0.4 is 4.90 Å². The maximum absolute atomic E-state index is 13.4. The molecule has 1 aromatic rings. The second-order valence-corrected chi connectivity index (χ2v) is 9.86. The molecule has 4 fully saturated rings. The molecule has 0 N–H and O–H groups in total. The third kappa shape index (κ3) is 2.54. The number of ether oxygens (including phenoxy) is 2. The molecule has 7 heteroatoms. The first-order chi connectivity index (χ1) is 15.4. The van der Waals surface area contributed by atoms with E-state index >= 15 is 0 Å². The van der Waals surface area contributed by atoms with Crippen LogP contribution in [-0.2, 0) is 29.3 Å². The summed E-state index contributed by atoms with van der Waals surface area (Å²) in [5, 5.41) is 0. The van der Waals surface area contributed by atoms with E-state index in [0.717, 1.165) is 31.6 Å². The van der Waals surface area contributed by atoms with Gasteiger partial charge in [-0.3, -0.25) is 19.3 Å². The van der Waals surface area contributed by atoms with E-state index in [1.54, 1.807) is 0 Å². The molecule has 1 saturated carbocycles. The zero-order chi connectivity index (χ0) is 22.2. The van der Waals surface area contributed by atoms with Crippen LogP contribution >= 0.6 is 0 Å². The van der Waals surface area contributed by atoms with E-state index in [0.29, 0.717) is 6.04 Å². The highest BCUT2D eigenvalue weighted by Gasteiger charge is 2.70. The fourth-order valence-electron chi connectivity index (χ4n) is 7.66. The minimum absolute atomic E-state index is 0.0170. The molecular weight excluding hydrogens is 408 g/mol. The van der Waals surface area contributed by atoms with E-state index in [1.807, 2.05) is 17.0 Å². The van der Waals surface area contributed by atoms with Gasteiger partial charge in [0.2, 0.25) is 5.91 Å². The number of para-hydroxylation sites is 1. The fourth-order valence-corrected chi connectivity index (χ4v) is 7.66. The van der Waals surface area contributed by atoms with Gasteiger partial charge in [-0.2, -0.15) is 0 Å². The molecular formula is C25H28N2O5. The summed E-state index contributed by atoms with van der Waals surface area (Å²) in [6, 6.07) is 8.71. The summed E-state index contributed by atoms with van der Waals surface area (Å²) < 4.78 is 11.1. The van der Waals surface area contributed by atoms with E-state index in [-0.39, 0.29) is 54.2 Å². The van der Waals surface area contributed by atoms with Crippen molar-refractivity contribution in [3.05, 3.63) is 41.5 Å². The van der Waals surface area contributed by atoms with Gasteiger partial charge in [-0.05, 0) is 43.0 Å². The van der Waals surface area contributed by atoms with Crippen molar-refractivity contribution in [2.75, 3.05) is 24.6 Å². The number of piperidine rings is 2. The van der Waals surface area contributed by atoms with Crippen molar-refractivity contribution in [1.29, 1.82) is 0 Å². The normalized spacial score (nSPS) is 37.8. The SMILES string of the molecule is CC(=O)OC/C=C1\CN2CC[C@]34c5ccccc5N5C(=O)C[C@@H](OC(C)=O)[C@@H]([C@H]53)[C@H]1C[C@H]24. The van der Waals surface area contributed by atoms with Crippen LogP contribution in [0.15, 0.2) is 35.9 Å². The number of hydrogen-bond donors (Lipinski definition) is 0. The molecule has 0 radical (unpaired) electrons. The minimum Gasteiger partial charge on any atom is -0.462 e. The highest BCUT2D eigenvalue weighted by molar-refractivity contribution is 5.99. The lowest BCUT2D eigenvalue weighted by Gasteiger charge is -2.59. The first-order valence-corrected chi connectivity index (χ1v) is 11.6. The number of benzene rings is 1.